The fourth-order valence-electron chi connectivity index (χ4n) is 2.44. The summed E-state index contributed by atoms with van der Waals surface area (Å²) in [7, 11) is 3.25. The van der Waals surface area contributed by atoms with Gasteiger partial charge in [0.1, 0.15) is 0 Å². The highest BCUT2D eigenvalue weighted by Crippen LogP contribution is 2.60. The first-order valence-corrected chi connectivity index (χ1v) is 5.74. The van der Waals surface area contributed by atoms with Crippen LogP contribution in [0.2, 0.25) is 0 Å². The van der Waals surface area contributed by atoms with Gasteiger partial charge in [-0.3, -0.25) is 0 Å². The summed E-state index contributed by atoms with van der Waals surface area (Å²) in [4.78, 5) is 0. The first kappa shape index (κ1) is 12.2. The second-order valence-electron chi connectivity index (χ2n) is 4.56. The molecule has 0 bridgehead atoms. The number of nitrogens with two attached hydrogens (primary N) is 1. The van der Waals surface area contributed by atoms with Gasteiger partial charge in [-0.2, -0.15) is 0 Å². The third kappa shape index (κ3) is 1.87. The molecule has 2 atom stereocenters. The number of methoxy groups -OCH3 is 2. The predicted octanol–water partition coefficient (Wildman–Crippen LogP) is 1.13. The topological polar surface area (TPSA) is 64.7 Å². The van der Waals surface area contributed by atoms with Gasteiger partial charge in [-0.25, -0.2) is 0 Å². The van der Waals surface area contributed by atoms with Crippen molar-refractivity contribution in [3.8, 4) is 11.5 Å². The second-order valence-corrected chi connectivity index (χ2v) is 4.56. The van der Waals surface area contributed by atoms with Gasteiger partial charge < -0.3 is 20.3 Å². The summed E-state index contributed by atoms with van der Waals surface area (Å²) in [6, 6.07) is 5.82. The molecule has 1 aliphatic rings. The zero-order valence-corrected chi connectivity index (χ0v) is 10.3. The Hall–Kier alpha value is -1.26. The van der Waals surface area contributed by atoms with Crippen molar-refractivity contribution in [2.45, 2.75) is 12.3 Å². The van der Waals surface area contributed by atoms with Gasteiger partial charge in [0.25, 0.3) is 0 Å². The average Bonchev–Trinajstić information content (AvgIpc) is 3.12. The summed E-state index contributed by atoms with van der Waals surface area (Å²) in [5, 5.41) is 9.43. The van der Waals surface area contributed by atoms with Crippen molar-refractivity contribution in [1.29, 1.82) is 0 Å². The summed E-state index contributed by atoms with van der Waals surface area (Å²) in [6.45, 7) is 0.614. The quantitative estimate of drug-likeness (QED) is 0.805. The lowest BCUT2D eigenvalue weighted by Gasteiger charge is -2.15. The van der Waals surface area contributed by atoms with Crippen molar-refractivity contribution in [2.75, 3.05) is 27.4 Å². The Balaban J connectivity index is 2.34. The fraction of sp³-hybridized carbons (Fsp3) is 0.538. The van der Waals surface area contributed by atoms with E-state index in [1.165, 1.54) is 0 Å². The van der Waals surface area contributed by atoms with Gasteiger partial charge in [0.2, 0.25) is 0 Å². The molecule has 3 N–H and O–H groups in total. The number of para-hydroxylation sites is 1. The second kappa shape index (κ2) is 4.55. The summed E-state index contributed by atoms with van der Waals surface area (Å²) in [5.74, 6) is 1.74. The minimum atomic E-state index is -0.167. The molecule has 17 heavy (non-hydrogen) atoms. The number of aliphatic hydroxyl groups is 1. The maximum absolute atomic E-state index is 9.43. The normalized spacial score (nSPS) is 26.7. The summed E-state index contributed by atoms with van der Waals surface area (Å²) >= 11 is 0. The molecular formula is C13H19NO3. The molecule has 1 aliphatic carbocycles. The van der Waals surface area contributed by atoms with E-state index in [-0.39, 0.29) is 17.9 Å². The first-order chi connectivity index (χ1) is 8.22. The van der Waals surface area contributed by atoms with Crippen LogP contribution in [0.15, 0.2) is 18.2 Å². The number of ether oxygens (including phenoxy) is 2. The highest BCUT2D eigenvalue weighted by atomic mass is 16.5. The molecule has 4 nitrogen and oxygen atoms in total. The SMILES string of the molecule is COc1cccc([C@H]2C[C@]2(CN)CO)c1OC. The molecule has 0 unspecified atom stereocenters. The monoisotopic (exact) mass is 237 g/mol. The molecule has 1 fully saturated rings. The molecule has 2 rings (SSSR count). The Kier molecular flexibility index (Phi) is 3.26. The maximum Gasteiger partial charge on any atom is 0.164 e. The van der Waals surface area contributed by atoms with Crippen LogP contribution in [0, 0.1) is 5.41 Å². The first-order valence-electron chi connectivity index (χ1n) is 5.74. The third-order valence-electron chi connectivity index (χ3n) is 3.72. The van der Waals surface area contributed by atoms with E-state index in [0.29, 0.717) is 6.54 Å². The smallest absolute Gasteiger partial charge is 0.164 e. The molecule has 0 aromatic heterocycles. The Morgan fingerprint density at radius 3 is 2.65 bits per heavy atom. The fourth-order valence-corrected chi connectivity index (χ4v) is 2.44. The summed E-state index contributed by atoms with van der Waals surface area (Å²) in [6.07, 6.45) is 0.906. The van der Waals surface area contributed by atoms with Crippen LogP contribution in [-0.2, 0) is 0 Å². The molecule has 1 aromatic rings. The van der Waals surface area contributed by atoms with Crippen LogP contribution in [0.5, 0.6) is 11.5 Å². The Labute approximate surface area is 101 Å². The molecule has 1 saturated carbocycles. The average molecular weight is 237 g/mol. The van der Waals surface area contributed by atoms with Gasteiger partial charge in [-0.05, 0) is 18.4 Å². The highest BCUT2D eigenvalue weighted by molar-refractivity contribution is 5.51. The molecule has 0 radical (unpaired) electrons. The highest BCUT2D eigenvalue weighted by Gasteiger charge is 2.54. The van der Waals surface area contributed by atoms with Gasteiger partial charge >= 0.3 is 0 Å². The molecule has 0 aliphatic heterocycles. The van der Waals surface area contributed by atoms with Crippen LogP contribution in [0.3, 0.4) is 0 Å². The maximum atomic E-state index is 9.43. The van der Waals surface area contributed by atoms with Crippen LogP contribution in [-0.4, -0.2) is 32.5 Å². The Bertz CT molecular complexity index is 402. The van der Waals surface area contributed by atoms with E-state index in [2.05, 4.69) is 0 Å². The Morgan fingerprint density at radius 1 is 1.41 bits per heavy atom. The lowest BCUT2D eigenvalue weighted by molar-refractivity contribution is 0.211. The number of hydrogen-bond acceptors (Lipinski definition) is 4. The standard InChI is InChI=1S/C13H19NO3/c1-16-11-5-3-4-9(12(11)17-2)10-6-13(10,7-14)8-15/h3-5,10,15H,6-8,14H2,1-2H3/t10-,13+/m1/s1. The molecule has 94 valence electrons. The minimum absolute atomic E-state index is 0.120. The van der Waals surface area contributed by atoms with Crippen LogP contribution >= 0.6 is 0 Å². The van der Waals surface area contributed by atoms with Crippen LogP contribution in [0.1, 0.15) is 17.9 Å². The summed E-state index contributed by atoms with van der Waals surface area (Å²) < 4.78 is 10.7. The molecule has 0 heterocycles. The molecular weight excluding hydrogens is 218 g/mol. The predicted molar refractivity (Wildman–Crippen MR) is 65.5 cm³/mol. The van der Waals surface area contributed by atoms with Crippen molar-refractivity contribution in [1.82, 2.24) is 0 Å². The van der Waals surface area contributed by atoms with Crippen molar-refractivity contribution < 1.29 is 14.6 Å². The van der Waals surface area contributed by atoms with Crippen molar-refractivity contribution >= 4 is 0 Å². The van der Waals surface area contributed by atoms with Gasteiger partial charge in [-0.15, -0.1) is 0 Å². The van der Waals surface area contributed by atoms with E-state index >= 15 is 0 Å². The lowest BCUT2D eigenvalue weighted by Crippen LogP contribution is -2.21. The molecule has 0 amide bonds. The van der Waals surface area contributed by atoms with E-state index in [1.54, 1.807) is 14.2 Å². The third-order valence-corrected chi connectivity index (χ3v) is 3.72. The van der Waals surface area contributed by atoms with E-state index < -0.39 is 0 Å². The zero-order chi connectivity index (χ0) is 12.5. The van der Waals surface area contributed by atoms with Gasteiger partial charge in [0.05, 0.1) is 20.8 Å². The van der Waals surface area contributed by atoms with E-state index in [4.69, 9.17) is 15.2 Å². The van der Waals surface area contributed by atoms with E-state index in [0.717, 1.165) is 23.5 Å². The van der Waals surface area contributed by atoms with Gasteiger partial charge in [0.15, 0.2) is 11.5 Å². The van der Waals surface area contributed by atoms with Crippen molar-refractivity contribution in [3.05, 3.63) is 23.8 Å². The van der Waals surface area contributed by atoms with Crippen molar-refractivity contribution in [3.63, 3.8) is 0 Å². The van der Waals surface area contributed by atoms with Crippen LogP contribution < -0.4 is 15.2 Å². The van der Waals surface area contributed by atoms with E-state index in [9.17, 15) is 5.11 Å². The van der Waals surface area contributed by atoms with Gasteiger partial charge in [0, 0.05) is 17.5 Å². The lowest BCUT2D eigenvalue weighted by atomic mass is 9.99. The number of benzene rings is 1. The van der Waals surface area contributed by atoms with Gasteiger partial charge in [-0.1, -0.05) is 12.1 Å². The Morgan fingerprint density at radius 2 is 2.18 bits per heavy atom. The largest absolute Gasteiger partial charge is 0.493 e. The molecule has 0 spiro atoms. The number of hydrogen-bond donors (Lipinski definition) is 2. The molecule has 4 heteroatoms. The zero-order valence-electron chi connectivity index (χ0n) is 10.3. The minimum Gasteiger partial charge on any atom is -0.493 e. The number of aliphatic hydroxyl groups excluding tert-OH is 1. The summed E-state index contributed by atoms with van der Waals surface area (Å²) in [5.41, 5.74) is 6.65. The molecule has 1 aromatic carbocycles. The van der Waals surface area contributed by atoms with E-state index in [1.807, 2.05) is 18.2 Å². The van der Waals surface area contributed by atoms with Crippen molar-refractivity contribution in [2.24, 2.45) is 11.1 Å². The van der Waals surface area contributed by atoms with Crippen LogP contribution in [0.4, 0.5) is 0 Å². The molecule has 0 saturated heterocycles. The number of rotatable bonds is 5. The van der Waals surface area contributed by atoms with Crippen LogP contribution in [0.25, 0.3) is 0 Å².